The molecule has 0 radical (unpaired) electrons. The van der Waals surface area contributed by atoms with Crippen molar-refractivity contribution in [3.8, 4) is 11.3 Å². The lowest BCUT2D eigenvalue weighted by Gasteiger charge is -2.03. The van der Waals surface area contributed by atoms with Crippen LogP contribution < -0.4 is 0 Å². The van der Waals surface area contributed by atoms with Gasteiger partial charge in [-0.1, -0.05) is 0 Å². The molecule has 0 amide bonds. The minimum absolute atomic E-state index is 0.211. The van der Waals surface area contributed by atoms with Gasteiger partial charge in [-0.05, 0) is 23.8 Å². The largest absolute Gasteiger partial charge is 0.392 e. The van der Waals surface area contributed by atoms with Crippen molar-refractivity contribution in [1.82, 2.24) is 9.97 Å². The van der Waals surface area contributed by atoms with Crippen LogP contribution in [0.1, 0.15) is 5.56 Å². The Hall–Kier alpha value is -1.81. The molecule has 2 heterocycles. The molecule has 0 unspecified atom stereocenters. The van der Waals surface area contributed by atoms with Gasteiger partial charge in [-0.3, -0.25) is 9.97 Å². The number of hydrogen-bond acceptors (Lipinski definition) is 3. The zero-order valence-corrected chi connectivity index (χ0v) is 7.89. The third-order valence-electron chi connectivity index (χ3n) is 2.02. The van der Waals surface area contributed by atoms with Gasteiger partial charge in [0, 0.05) is 24.2 Å². The first-order valence-corrected chi connectivity index (χ1v) is 4.47. The second kappa shape index (κ2) is 4.14. The highest BCUT2D eigenvalue weighted by atomic mass is 19.1. The van der Waals surface area contributed by atoms with E-state index < -0.39 is 5.82 Å². The summed E-state index contributed by atoms with van der Waals surface area (Å²) in [5.41, 5.74) is 1.33. The highest BCUT2D eigenvalue weighted by Gasteiger charge is 2.07. The van der Waals surface area contributed by atoms with Gasteiger partial charge in [-0.15, -0.1) is 0 Å². The summed E-state index contributed by atoms with van der Waals surface area (Å²) in [6.45, 7) is -0.211. The Labute approximate surface area is 86.3 Å². The number of nitrogens with zero attached hydrogens (tertiary/aromatic N) is 2. The normalized spacial score (nSPS) is 10.3. The van der Waals surface area contributed by atoms with Crippen LogP contribution in [-0.4, -0.2) is 15.1 Å². The first kappa shape index (κ1) is 9.73. The molecule has 0 fully saturated rings. The molecule has 0 aromatic carbocycles. The maximum absolute atomic E-state index is 13.5. The summed E-state index contributed by atoms with van der Waals surface area (Å²) in [5.74, 6) is -0.449. The molecule has 0 spiro atoms. The van der Waals surface area contributed by atoms with Crippen molar-refractivity contribution >= 4 is 0 Å². The molecule has 0 atom stereocenters. The third kappa shape index (κ3) is 1.99. The topological polar surface area (TPSA) is 46.0 Å². The Morgan fingerprint density at radius 1 is 1.33 bits per heavy atom. The van der Waals surface area contributed by atoms with Crippen LogP contribution in [0.15, 0.2) is 36.8 Å². The molecule has 0 saturated carbocycles. The maximum Gasteiger partial charge on any atom is 0.149 e. The summed E-state index contributed by atoms with van der Waals surface area (Å²) < 4.78 is 13.5. The van der Waals surface area contributed by atoms with Gasteiger partial charge >= 0.3 is 0 Å². The Morgan fingerprint density at radius 2 is 2.20 bits per heavy atom. The number of aliphatic hydroxyl groups is 1. The average molecular weight is 204 g/mol. The molecule has 0 aliphatic carbocycles. The highest BCUT2D eigenvalue weighted by Crippen LogP contribution is 2.19. The van der Waals surface area contributed by atoms with Crippen molar-refractivity contribution in [2.75, 3.05) is 0 Å². The van der Waals surface area contributed by atoms with Crippen LogP contribution in [0.2, 0.25) is 0 Å². The number of rotatable bonds is 2. The summed E-state index contributed by atoms with van der Waals surface area (Å²) in [5, 5.41) is 8.80. The zero-order chi connectivity index (χ0) is 10.7. The third-order valence-corrected chi connectivity index (χ3v) is 2.02. The summed E-state index contributed by atoms with van der Waals surface area (Å²) in [6.07, 6.45) is 4.61. The fourth-order valence-electron chi connectivity index (χ4n) is 1.28. The summed E-state index contributed by atoms with van der Waals surface area (Å²) in [6, 6.07) is 4.72. The van der Waals surface area contributed by atoms with E-state index in [2.05, 4.69) is 9.97 Å². The lowest BCUT2D eigenvalue weighted by molar-refractivity contribution is 0.280. The van der Waals surface area contributed by atoms with Gasteiger partial charge in [0.2, 0.25) is 0 Å². The second-order valence-corrected chi connectivity index (χ2v) is 3.07. The average Bonchev–Trinajstić information content (AvgIpc) is 2.30. The van der Waals surface area contributed by atoms with Crippen molar-refractivity contribution in [2.24, 2.45) is 0 Å². The fourth-order valence-corrected chi connectivity index (χ4v) is 1.28. The van der Waals surface area contributed by atoms with Gasteiger partial charge in [0.15, 0.2) is 0 Å². The first-order chi connectivity index (χ1) is 7.31. The van der Waals surface area contributed by atoms with Crippen molar-refractivity contribution < 1.29 is 9.50 Å². The Bertz CT molecular complexity index is 459. The molecule has 2 rings (SSSR count). The molecule has 2 aromatic heterocycles. The smallest absolute Gasteiger partial charge is 0.149 e. The van der Waals surface area contributed by atoms with E-state index in [1.807, 2.05) is 0 Å². The summed E-state index contributed by atoms with van der Waals surface area (Å²) in [7, 11) is 0. The predicted molar refractivity (Wildman–Crippen MR) is 53.3 cm³/mol. The Kier molecular flexibility index (Phi) is 2.69. The van der Waals surface area contributed by atoms with Crippen molar-refractivity contribution in [3.05, 3.63) is 48.2 Å². The van der Waals surface area contributed by atoms with E-state index >= 15 is 0 Å². The minimum atomic E-state index is -0.449. The van der Waals surface area contributed by atoms with E-state index in [4.69, 9.17) is 5.11 Å². The molecule has 3 nitrogen and oxygen atoms in total. The Morgan fingerprint density at radius 3 is 2.80 bits per heavy atom. The van der Waals surface area contributed by atoms with Gasteiger partial charge in [0.25, 0.3) is 0 Å². The standard InChI is InChI=1S/C11H9FN2O/c12-10-4-8(7-15)5-14-11(10)9-2-1-3-13-6-9/h1-6,15H,7H2. The lowest BCUT2D eigenvalue weighted by Crippen LogP contribution is -1.93. The number of hydrogen-bond donors (Lipinski definition) is 1. The van der Waals surface area contributed by atoms with Crippen LogP contribution in [0.5, 0.6) is 0 Å². The van der Waals surface area contributed by atoms with E-state index in [1.165, 1.54) is 12.3 Å². The SMILES string of the molecule is OCc1cnc(-c2cccnc2)c(F)c1. The highest BCUT2D eigenvalue weighted by molar-refractivity contribution is 5.58. The van der Waals surface area contributed by atoms with Crippen LogP contribution in [0, 0.1) is 5.82 Å². The molecular weight excluding hydrogens is 195 g/mol. The summed E-state index contributed by atoms with van der Waals surface area (Å²) >= 11 is 0. The number of aromatic nitrogens is 2. The van der Waals surface area contributed by atoms with E-state index in [1.54, 1.807) is 24.5 Å². The number of halogens is 1. The molecule has 0 bridgehead atoms. The molecule has 4 heteroatoms. The van der Waals surface area contributed by atoms with E-state index in [9.17, 15) is 4.39 Å². The minimum Gasteiger partial charge on any atom is -0.392 e. The van der Waals surface area contributed by atoms with Crippen LogP contribution in [0.4, 0.5) is 4.39 Å². The first-order valence-electron chi connectivity index (χ1n) is 4.47. The van der Waals surface area contributed by atoms with E-state index in [-0.39, 0.29) is 12.3 Å². The summed E-state index contributed by atoms with van der Waals surface area (Å²) in [4.78, 5) is 7.83. The van der Waals surface area contributed by atoms with Crippen LogP contribution in [0.3, 0.4) is 0 Å². The van der Waals surface area contributed by atoms with Crippen LogP contribution in [0.25, 0.3) is 11.3 Å². The van der Waals surface area contributed by atoms with Gasteiger partial charge in [0.05, 0.1) is 6.61 Å². The quantitative estimate of drug-likeness (QED) is 0.810. The predicted octanol–water partition coefficient (Wildman–Crippen LogP) is 1.77. The molecule has 1 N–H and O–H groups in total. The molecule has 0 aliphatic rings. The maximum atomic E-state index is 13.5. The Balaban J connectivity index is 2.46. The van der Waals surface area contributed by atoms with Crippen LogP contribution >= 0.6 is 0 Å². The van der Waals surface area contributed by atoms with Gasteiger partial charge in [0.1, 0.15) is 11.5 Å². The molecular formula is C11H9FN2O. The number of aliphatic hydroxyl groups excluding tert-OH is 1. The van der Waals surface area contributed by atoms with Crippen molar-refractivity contribution in [2.45, 2.75) is 6.61 Å². The van der Waals surface area contributed by atoms with Crippen molar-refractivity contribution in [1.29, 1.82) is 0 Å². The number of pyridine rings is 2. The lowest BCUT2D eigenvalue weighted by atomic mass is 10.1. The van der Waals surface area contributed by atoms with Gasteiger partial charge in [-0.2, -0.15) is 0 Å². The second-order valence-electron chi connectivity index (χ2n) is 3.07. The van der Waals surface area contributed by atoms with Gasteiger partial charge < -0.3 is 5.11 Å². The molecule has 0 saturated heterocycles. The molecule has 76 valence electrons. The van der Waals surface area contributed by atoms with E-state index in [0.29, 0.717) is 11.1 Å². The van der Waals surface area contributed by atoms with Gasteiger partial charge in [-0.25, -0.2) is 4.39 Å². The fraction of sp³-hybridized carbons (Fsp3) is 0.0909. The molecule has 0 aliphatic heterocycles. The molecule has 15 heavy (non-hydrogen) atoms. The van der Waals surface area contributed by atoms with Crippen LogP contribution in [-0.2, 0) is 6.61 Å². The monoisotopic (exact) mass is 204 g/mol. The van der Waals surface area contributed by atoms with Crippen molar-refractivity contribution in [3.63, 3.8) is 0 Å². The zero-order valence-electron chi connectivity index (χ0n) is 7.89. The molecule has 2 aromatic rings. The van der Waals surface area contributed by atoms with E-state index in [0.717, 1.165) is 0 Å².